The van der Waals surface area contributed by atoms with Crippen LogP contribution in [0.15, 0.2) is 53.4 Å². The molecule has 28 heavy (non-hydrogen) atoms. The number of carbonyl (C=O) groups excluding carboxylic acids is 1. The van der Waals surface area contributed by atoms with Crippen molar-refractivity contribution in [3.05, 3.63) is 59.7 Å². The average Bonchev–Trinajstić information content (AvgIpc) is 2.66. The Balaban J connectivity index is 2.38. The van der Waals surface area contributed by atoms with Gasteiger partial charge in [-0.2, -0.15) is 0 Å². The summed E-state index contributed by atoms with van der Waals surface area (Å²) >= 11 is 0. The van der Waals surface area contributed by atoms with Crippen molar-refractivity contribution in [3.63, 3.8) is 0 Å². The molecule has 0 bridgehead atoms. The number of aryl methyl sites for hydroxylation is 2. The van der Waals surface area contributed by atoms with Gasteiger partial charge in [0.2, 0.25) is 5.91 Å². The molecule has 2 rings (SSSR count). The van der Waals surface area contributed by atoms with Gasteiger partial charge in [-0.25, -0.2) is 8.42 Å². The van der Waals surface area contributed by atoms with Crippen molar-refractivity contribution < 1.29 is 13.2 Å². The lowest BCUT2D eigenvalue weighted by Gasteiger charge is -2.26. The van der Waals surface area contributed by atoms with Gasteiger partial charge in [0, 0.05) is 13.1 Å². The Bertz CT molecular complexity index is 893. The highest BCUT2D eigenvalue weighted by atomic mass is 32.2. The van der Waals surface area contributed by atoms with E-state index in [1.807, 2.05) is 45.0 Å². The van der Waals surface area contributed by atoms with Crippen LogP contribution in [0.2, 0.25) is 0 Å². The van der Waals surface area contributed by atoms with Crippen molar-refractivity contribution >= 4 is 21.6 Å². The number of nitrogens with zero attached hydrogens (tertiary/aromatic N) is 2. The number of hydrogen-bond acceptors (Lipinski definition) is 4. The van der Waals surface area contributed by atoms with Crippen LogP contribution in [0.25, 0.3) is 0 Å². The molecule has 0 aliphatic rings. The number of amides is 1. The van der Waals surface area contributed by atoms with Gasteiger partial charge in [-0.15, -0.1) is 0 Å². The Labute approximate surface area is 168 Å². The first-order valence-electron chi connectivity index (χ1n) is 9.34. The van der Waals surface area contributed by atoms with Crippen molar-refractivity contribution in [2.45, 2.75) is 25.2 Å². The summed E-state index contributed by atoms with van der Waals surface area (Å²) in [5, 5.41) is 2.80. The Morgan fingerprint density at radius 2 is 1.68 bits per heavy atom. The maximum atomic E-state index is 13.4. The second-order valence-corrected chi connectivity index (χ2v) is 8.82. The number of sulfonamides is 1. The lowest BCUT2D eigenvalue weighted by molar-refractivity contribution is -0.119. The molecular formula is C21H29N3O3S. The largest absolute Gasteiger partial charge is 0.353 e. The third-order valence-corrected chi connectivity index (χ3v) is 6.19. The first kappa shape index (κ1) is 21.9. The molecule has 0 atom stereocenters. The fourth-order valence-electron chi connectivity index (χ4n) is 2.80. The summed E-state index contributed by atoms with van der Waals surface area (Å²) in [7, 11) is -0.0488. The maximum absolute atomic E-state index is 13.4. The number of anilines is 1. The highest BCUT2D eigenvalue weighted by molar-refractivity contribution is 7.92. The smallest absolute Gasteiger partial charge is 0.264 e. The molecule has 1 N–H and O–H groups in total. The minimum absolute atomic E-state index is 0.171. The second kappa shape index (κ2) is 9.71. The molecule has 2 aromatic carbocycles. The van der Waals surface area contributed by atoms with Gasteiger partial charge in [-0.1, -0.05) is 42.8 Å². The SMILES string of the molecule is CCc1ccccc1N(CC(=O)NCCN(C)C)S(=O)(=O)c1ccc(C)cc1. The van der Waals surface area contributed by atoms with Crippen molar-refractivity contribution in [3.8, 4) is 0 Å². The van der Waals surface area contributed by atoms with Crippen LogP contribution in [0.5, 0.6) is 0 Å². The Kier molecular flexibility index (Phi) is 7.60. The minimum Gasteiger partial charge on any atom is -0.353 e. The van der Waals surface area contributed by atoms with E-state index < -0.39 is 10.0 Å². The van der Waals surface area contributed by atoms with Crippen LogP contribution in [0.1, 0.15) is 18.1 Å². The summed E-state index contributed by atoms with van der Waals surface area (Å²) in [6.07, 6.45) is 0.665. The number of para-hydroxylation sites is 1. The molecule has 0 fully saturated rings. The quantitative estimate of drug-likeness (QED) is 0.698. The molecule has 7 heteroatoms. The average molecular weight is 404 g/mol. The first-order valence-corrected chi connectivity index (χ1v) is 10.8. The standard InChI is InChI=1S/C21H29N3O3S/c1-5-18-8-6-7-9-20(18)24(16-21(25)22-14-15-23(3)4)28(26,27)19-12-10-17(2)11-13-19/h6-13H,5,14-16H2,1-4H3,(H,22,25). The predicted octanol–water partition coefficient (Wildman–Crippen LogP) is 2.43. The molecule has 2 aromatic rings. The summed E-state index contributed by atoms with van der Waals surface area (Å²) in [6, 6.07) is 14.0. The highest BCUT2D eigenvalue weighted by Gasteiger charge is 2.28. The second-order valence-electron chi connectivity index (χ2n) is 6.96. The normalized spacial score (nSPS) is 11.5. The zero-order valence-corrected chi connectivity index (χ0v) is 17.8. The lowest BCUT2D eigenvalue weighted by atomic mass is 10.1. The molecule has 0 aliphatic heterocycles. The molecular weight excluding hydrogens is 374 g/mol. The van der Waals surface area contributed by atoms with E-state index in [2.05, 4.69) is 5.32 Å². The zero-order chi connectivity index (χ0) is 20.7. The summed E-state index contributed by atoms with van der Waals surface area (Å²) in [4.78, 5) is 14.6. The maximum Gasteiger partial charge on any atom is 0.264 e. The third-order valence-electron chi connectivity index (χ3n) is 4.42. The van der Waals surface area contributed by atoms with Crippen molar-refractivity contribution in [1.29, 1.82) is 0 Å². The van der Waals surface area contributed by atoms with Crippen LogP contribution < -0.4 is 9.62 Å². The van der Waals surface area contributed by atoms with Gasteiger partial charge in [0.25, 0.3) is 10.0 Å². The van der Waals surface area contributed by atoms with Gasteiger partial charge in [-0.3, -0.25) is 9.10 Å². The monoisotopic (exact) mass is 403 g/mol. The molecule has 1 amide bonds. The van der Waals surface area contributed by atoms with Crippen LogP contribution in [0, 0.1) is 6.92 Å². The third kappa shape index (κ3) is 5.56. The Hall–Kier alpha value is -2.38. The van der Waals surface area contributed by atoms with Gasteiger partial charge in [0.05, 0.1) is 10.6 Å². The molecule has 0 saturated heterocycles. The van der Waals surface area contributed by atoms with Crippen LogP contribution in [-0.2, 0) is 21.2 Å². The van der Waals surface area contributed by atoms with Crippen molar-refractivity contribution in [1.82, 2.24) is 10.2 Å². The van der Waals surface area contributed by atoms with E-state index in [0.717, 1.165) is 11.1 Å². The van der Waals surface area contributed by atoms with Gasteiger partial charge < -0.3 is 10.2 Å². The predicted molar refractivity (Wildman–Crippen MR) is 113 cm³/mol. The first-order chi connectivity index (χ1) is 13.3. The molecule has 152 valence electrons. The number of likely N-dealkylation sites (N-methyl/N-ethyl adjacent to an activating group) is 1. The van der Waals surface area contributed by atoms with Crippen LogP contribution in [0.4, 0.5) is 5.69 Å². The van der Waals surface area contributed by atoms with E-state index >= 15 is 0 Å². The van der Waals surface area contributed by atoms with E-state index in [9.17, 15) is 13.2 Å². The van der Waals surface area contributed by atoms with Gasteiger partial charge in [0.1, 0.15) is 6.54 Å². The van der Waals surface area contributed by atoms with Gasteiger partial charge >= 0.3 is 0 Å². The van der Waals surface area contributed by atoms with Crippen LogP contribution in [-0.4, -0.2) is 53.0 Å². The number of hydrogen-bond donors (Lipinski definition) is 1. The molecule has 0 unspecified atom stereocenters. The number of benzene rings is 2. The molecule has 0 saturated carbocycles. The lowest BCUT2D eigenvalue weighted by Crippen LogP contribution is -2.42. The molecule has 6 nitrogen and oxygen atoms in total. The molecule has 0 heterocycles. The molecule has 0 aromatic heterocycles. The van der Waals surface area contributed by atoms with Gasteiger partial charge in [-0.05, 0) is 51.2 Å². The molecule has 0 aliphatic carbocycles. The topological polar surface area (TPSA) is 69.7 Å². The summed E-state index contributed by atoms with van der Waals surface area (Å²) < 4.78 is 27.9. The van der Waals surface area contributed by atoms with Crippen molar-refractivity contribution in [2.24, 2.45) is 0 Å². The minimum atomic E-state index is -3.88. The highest BCUT2D eigenvalue weighted by Crippen LogP contribution is 2.27. The van der Waals surface area contributed by atoms with Crippen LogP contribution >= 0.6 is 0 Å². The number of nitrogens with one attached hydrogen (secondary N) is 1. The summed E-state index contributed by atoms with van der Waals surface area (Å²) in [5.74, 6) is -0.330. The van der Waals surface area contributed by atoms with E-state index in [4.69, 9.17) is 0 Å². The fourth-order valence-corrected chi connectivity index (χ4v) is 4.25. The molecule has 0 spiro atoms. The number of carbonyl (C=O) groups is 1. The van der Waals surface area contributed by atoms with E-state index in [1.54, 1.807) is 36.4 Å². The fraction of sp³-hybridized carbons (Fsp3) is 0.381. The van der Waals surface area contributed by atoms with Crippen LogP contribution in [0.3, 0.4) is 0 Å². The van der Waals surface area contributed by atoms with Gasteiger partial charge in [0.15, 0.2) is 0 Å². The van der Waals surface area contributed by atoms with E-state index in [-0.39, 0.29) is 17.3 Å². The zero-order valence-electron chi connectivity index (χ0n) is 17.0. The van der Waals surface area contributed by atoms with E-state index in [0.29, 0.717) is 25.2 Å². The molecule has 0 radical (unpaired) electrons. The number of rotatable bonds is 9. The van der Waals surface area contributed by atoms with Crippen molar-refractivity contribution in [2.75, 3.05) is 38.0 Å². The Morgan fingerprint density at radius 1 is 1.04 bits per heavy atom. The summed E-state index contributed by atoms with van der Waals surface area (Å²) in [5.41, 5.74) is 2.38. The van der Waals surface area contributed by atoms with E-state index in [1.165, 1.54) is 4.31 Å². The summed E-state index contributed by atoms with van der Waals surface area (Å²) in [6.45, 7) is 4.74. The Morgan fingerprint density at radius 3 is 2.29 bits per heavy atom.